The number of rotatable bonds is 7. The van der Waals surface area contributed by atoms with Crippen LogP contribution in [0.1, 0.15) is 0 Å². The van der Waals surface area contributed by atoms with E-state index in [-0.39, 0.29) is 26.8 Å². The first-order chi connectivity index (χ1) is 29.2. The predicted octanol–water partition coefficient (Wildman–Crippen LogP) is 13.4. The van der Waals surface area contributed by atoms with Gasteiger partial charge in [-0.15, -0.1) is 17.7 Å². The fourth-order valence-corrected chi connectivity index (χ4v) is 8.44. The summed E-state index contributed by atoms with van der Waals surface area (Å²) < 4.78 is 4.47. The molecule has 0 amide bonds. The molecule has 6 heteroatoms. The number of imidazole rings is 1. The van der Waals surface area contributed by atoms with Crippen molar-refractivity contribution in [2.45, 2.75) is 0 Å². The molecule has 0 aliphatic carbocycles. The Bertz CT molecular complexity index is 3320. The maximum absolute atomic E-state index is 11.1. The van der Waals surface area contributed by atoms with Gasteiger partial charge in [0, 0.05) is 49.8 Å². The van der Waals surface area contributed by atoms with Crippen LogP contribution in [0.4, 0.5) is 0 Å². The zero-order chi connectivity index (χ0) is 39.3. The van der Waals surface area contributed by atoms with Crippen molar-refractivity contribution in [2.75, 3.05) is 0 Å². The Morgan fingerprint density at radius 3 is 1.78 bits per heavy atom. The maximum atomic E-state index is 11.1. The van der Waals surface area contributed by atoms with Gasteiger partial charge in [0.05, 0.1) is 16.6 Å². The monoisotopic (exact) mass is 950 g/mol. The fraction of sp³-hybridized carbons (Fsp3) is 0. The minimum absolute atomic E-state index is 0. The van der Waals surface area contributed by atoms with Crippen LogP contribution in [0.15, 0.2) is 206 Å². The van der Waals surface area contributed by atoms with Crippen molar-refractivity contribution in [1.82, 2.24) is 19.1 Å². The molecule has 60 heavy (non-hydrogen) atoms. The van der Waals surface area contributed by atoms with Gasteiger partial charge in [0.1, 0.15) is 11.6 Å². The Kier molecular flexibility index (Phi) is 9.52. The summed E-state index contributed by atoms with van der Waals surface area (Å²) in [5, 5.41) is 13.3. The van der Waals surface area contributed by atoms with Crippen LogP contribution >= 0.6 is 0 Å². The van der Waals surface area contributed by atoms with Crippen LogP contribution in [-0.2, 0) is 21.1 Å². The molecular formula is C54H35N4OPt-. The van der Waals surface area contributed by atoms with Crippen molar-refractivity contribution in [3.8, 4) is 73.2 Å². The summed E-state index contributed by atoms with van der Waals surface area (Å²) in [6.07, 6.45) is 1.90. The summed E-state index contributed by atoms with van der Waals surface area (Å²) in [5.41, 5.74) is 14.6. The molecule has 5 nitrogen and oxygen atoms in total. The first-order valence-electron chi connectivity index (χ1n) is 19.7. The molecule has 0 unspecified atom stereocenters. The van der Waals surface area contributed by atoms with E-state index in [1.807, 2.05) is 48.7 Å². The topological polar surface area (TPSA) is 55.9 Å². The molecule has 288 valence electrons. The molecule has 0 atom stereocenters. The second-order valence-electron chi connectivity index (χ2n) is 14.7. The molecule has 11 rings (SSSR count). The number of phenols is 1. The van der Waals surface area contributed by atoms with E-state index in [2.05, 4.69) is 167 Å². The zero-order valence-corrected chi connectivity index (χ0v) is 34.5. The standard InChI is InChI=1S/C54H35N4O.Pt/c59-51-26-13-11-22-45(51)54-56-52-43(23-14-25-50(52)58(54)42-19-8-3-9-20-42)40-33-46-44-21-10-12-24-49(44)57(41-17-6-2-7-18-41)53(46)47(34-40)48-35-39(31-32-55-48)38-29-27-37(28-30-38)36-15-4-1-5-16-36;/h1-33,35,59H;/q-1;. The molecule has 8 aromatic carbocycles. The molecule has 0 fully saturated rings. The van der Waals surface area contributed by atoms with Gasteiger partial charge in [0.2, 0.25) is 0 Å². The van der Waals surface area contributed by atoms with Crippen LogP contribution in [0.25, 0.3) is 100 Å². The summed E-state index contributed by atoms with van der Waals surface area (Å²) >= 11 is 0. The Morgan fingerprint density at radius 2 is 1.05 bits per heavy atom. The van der Waals surface area contributed by atoms with Crippen molar-refractivity contribution in [2.24, 2.45) is 0 Å². The van der Waals surface area contributed by atoms with Crippen molar-refractivity contribution < 1.29 is 26.2 Å². The number of benzene rings is 8. The minimum atomic E-state index is 0. The van der Waals surface area contributed by atoms with Gasteiger partial charge in [-0.05, 0) is 87.8 Å². The van der Waals surface area contributed by atoms with Gasteiger partial charge in [-0.3, -0.25) is 9.55 Å². The number of aromatic nitrogens is 4. The van der Waals surface area contributed by atoms with E-state index < -0.39 is 0 Å². The zero-order valence-electron chi connectivity index (χ0n) is 32.2. The number of hydrogen-bond donors (Lipinski definition) is 1. The average molecular weight is 951 g/mol. The molecular weight excluding hydrogens is 916 g/mol. The molecule has 1 N–H and O–H groups in total. The van der Waals surface area contributed by atoms with E-state index >= 15 is 0 Å². The van der Waals surface area contributed by atoms with Crippen LogP contribution in [0.3, 0.4) is 0 Å². The van der Waals surface area contributed by atoms with Crippen LogP contribution in [0.5, 0.6) is 5.75 Å². The Morgan fingerprint density at radius 1 is 0.467 bits per heavy atom. The quantitative estimate of drug-likeness (QED) is 0.162. The molecule has 0 bridgehead atoms. The molecule has 0 radical (unpaired) electrons. The summed E-state index contributed by atoms with van der Waals surface area (Å²) in [7, 11) is 0. The Labute approximate surface area is 361 Å². The number of pyridine rings is 1. The summed E-state index contributed by atoms with van der Waals surface area (Å²) in [6.45, 7) is 0. The largest absolute Gasteiger partial charge is 0.507 e. The van der Waals surface area contributed by atoms with Crippen LogP contribution in [0.2, 0.25) is 0 Å². The molecule has 0 aliphatic heterocycles. The van der Waals surface area contributed by atoms with E-state index in [0.717, 1.165) is 77.7 Å². The van der Waals surface area contributed by atoms with E-state index in [4.69, 9.17) is 9.97 Å². The van der Waals surface area contributed by atoms with Gasteiger partial charge in [-0.2, -0.15) is 0 Å². The molecule has 0 aliphatic rings. The first-order valence-corrected chi connectivity index (χ1v) is 19.7. The third-order valence-corrected chi connectivity index (χ3v) is 11.2. The van der Waals surface area contributed by atoms with E-state index in [9.17, 15) is 5.11 Å². The van der Waals surface area contributed by atoms with E-state index in [1.54, 1.807) is 6.07 Å². The summed E-state index contributed by atoms with van der Waals surface area (Å²) in [6, 6.07) is 72.6. The van der Waals surface area contributed by atoms with Crippen molar-refractivity contribution >= 4 is 32.8 Å². The van der Waals surface area contributed by atoms with E-state index in [1.165, 1.54) is 11.1 Å². The van der Waals surface area contributed by atoms with Gasteiger partial charge in [-0.1, -0.05) is 156 Å². The third kappa shape index (κ3) is 6.32. The smallest absolute Gasteiger partial charge is 0.148 e. The van der Waals surface area contributed by atoms with Crippen molar-refractivity contribution in [1.29, 1.82) is 0 Å². The van der Waals surface area contributed by atoms with Crippen molar-refractivity contribution in [3.05, 3.63) is 212 Å². The normalized spacial score (nSPS) is 11.3. The molecule has 0 saturated heterocycles. The number of nitrogens with zero attached hydrogens (tertiary/aromatic N) is 4. The second-order valence-corrected chi connectivity index (χ2v) is 14.7. The van der Waals surface area contributed by atoms with Crippen LogP contribution in [0, 0.1) is 6.07 Å². The summed E-state index contributed by atoms with van der Waals surface area (Å²) in [4.78, 5) is 10.4. The number of para-hydroxylation sites is 5. The van der Waals surface area contributed by atoms with Gasteiger partial charge in [-0.25, -0.2) is 4.98 Å². The Hall–Kier alpha value is -7.33. The molecule has 11 aromatic rings. The molecule has 0 spiro atoms. The van der Waals surface area contributed by atoms with Gasteiger partial charge in [0.15, 0.2) is 0 Å². The number of phenolic OH excluding ortho intramolecular Hbond substituents is 1. The molecule has 3 heterocycles. The average Bonchev–Trinajstić information content (AvgIpc) is 3.86. The number of aromatic hydroxyl groups is 1. The SMILES string of the molecule is Oc1ccccc1-c1nc2c(-c3[c-]c(-c4cc(-c5ccc(-c6ccccc6)cc5)ccn4)c4c(c3)c3ccccc3n4-c3ccccc3)cccc2n1-c1ccccc1.[Pt]. The van der Waals surface area contributed by atoms with Gasteiger partial charge >= 0.3 is 0 Å². The van der Waals surface area contributed by atoms with Gasteiger partial charge < -0.3 is 9.67 Å². The summed E-state index contributed by atoms with van der Waals surface area (Å²) in [5.74, 6) is 0.831. The van der Waals surface area contributed by atoms with Gasteiger partial charge in [0.25, 0.3) is 0 Å². The maximum Gasteiger partial charge on any atom is 0.148 e. The Balaban J connectivity index is 0.00000433. The third-order valence-electron chi connectivity index (χ3n) is 11.2. The fourth-order valence-electron chi connectivity index (χ4n) is 8.44. The van der Waals surface area contributed by atoms with Crippen LogP contribution < -0.4 is 0 Å². The minimum Gasteiger partial charge on any atom is -0.507 e. The van der Waals surface area contributed by atoms with Crippen molar-refractivity contribution in [3.63, 3.8) is 0 Å². The molecule has 3 aromatic heterocycles. The second kappa shape index (κ2) is 15.4. The predicted molar refractivity (Wildman–Crippen MR) is 241 cm³/mol. The van der Waals surface area contributed by atoms with E-state index in [0.29, 0.717) is 11.4 Å². The number of fused-ring (bicyclic) bond motifs is 4. The molecule has 0 saturated carbocycles. The van der Waals surface area contributed by atoms with Crippen LogP contribution in [-0.4, -0.2) is 24.2 Å². The number of hydrogen-bond acceptors (Lipinski definition) is 3. The first kappa shape index (κ1) is 37.0.